The first-order valence-corrected chi connectivity index (χ1v) is 9.42. The molecular formula is C20H18N4O2S. The fraction of sp³-hybridized carbons (Fsp3) is 0.150. The van der Waals surface area contributed by atoms with Gasteiger partial charge in [-0.2, -0.15) is 4.98 Å². The van der Waals surface area contributed by atoms with E-state index in [2.05, 4.69) is 27.1 Å². The third-order valence-corrected chi connectivity index (χ3v) is 4.89. The molecule has 7 heteroatoms. The molecule has 0 aliphatic carbocycles. The number of benzene rings is 2. The predicted octanol–water partition coefficient (Wildman–Crippen LogP) is 4.33. The number of hydrogen-bond acceptors (Lipinski definition) is 7. The lowest BCUT2D eigenvalue weighted by atomic mass is 10.1. The van der Waals surface area contributed by atoms with Crippen molar-refractivity contribution >= 4 is 17.4 Å². The Morgan fingerprint density at radius 2 is 2.11 bits per heavy atom. The first kappa shape index (κ1) is 17.4. The quantitative estimate of drug-likeness (QED) is 0.523. The van der Waals surface area contributed by atoms with E-state index in [4.69, 9.17) is 9.47 Å². The highest BCUT2D eigenvalue weighted by molar-refractivity contribution is 7.99. The number of nitrogens with zero attached hydrogens (tertiary/aromatic N) is 3. The van der Waals surface area contributed by atoms with Crippen molar-refractivity contribution in [1.82, 2.24) is 15.2 Å². The highest BCUT2D eigenvalue weighted by Crippen LogP contribution is 2.39. The first-order valence-electron chi connectivity index (χ1n) is 8.43. The van der Waals surface area contributed by atoms with E-state index in [-0.39, 0.29) is 0 Å². The van der Waals surface area contributed by atoms with Crippen LogP contribution in [0.25, 0.3) is 11.3 Å². The van der Waals surface area contributed by atoms with Crippen LogP contribution in [0.4, 0.5) is 5.69 Å². The number of hydrogen-bond donors (Lipinski definition) is 1. The number of para-hydroxylation sites is 1. The molecule has 0 saturated carbocycles. The molecule has 27 heavy (non-hydrogen) atoms. The van der Waals surface area contributed by atoms with Gasteiger partial charge in [-0.05, 0) is 18.2 Å². The zero-order valence-corrected chi connectivity index (χ0v) is 15.6. The fourth-order valence-corrected chi connectivity index (χ4v) is 3.31. The molecule has 0 amide bonds. The topological polar surface area (TPSA) is 69.2 Å². The molecule has 136 valence electrons. The van der Waals surface area contributed by atoms with Gasteiger partial charge in [0.2, 0.25) is 11.0 Å². The van der Waals surface area contributed by atoms with E-state index in [1.165, 1.54) is 11.8 Å². The summed E-state index contributed by atoms with van der Waals surface area (Å²) in [5.74, 6) is 1.91. The SMILES string of the molecule is C=CCSc1nnc2c(n1)O[C@H](c1cccc(OC)c1)Nc1ccccc1-2. The lowest BCUT2D eigenvalue weighted by molar-refractivity contribution is 0.224. The van der Waals surface area contributed by atoms with Gasteiger partial charge < -0.3 is 14.8 Å². The maximum absolute atomic E-state index is 6.23. The first-order chi connectivity index (χ1) is 13.3. The zero-order chi connectivity index (χ0) is 18.6. The second kappa shape index (κ2) is 7.67. The zero-order valence-electron chi connectivity index (χ0n) is 14.8. The Morgan fingerprint density at radius 3 is 2.96 bits per heavy atom. The molecule has 0 saturated heterocycles. The van der Waals surface area contributed by atoms with Gasteiger partial charge in [-0.25, -0.2) is 0 Å². The highest BCUT2D eigenvalue weighted by Gasteiger charge is 2.26. The number of methoxy groups -OCH3 is 1. The molecule has 1 aliphatic heterocycles. The predicted molar refractivity (Wildman–Crippen MR) is 106 cm³/mol. The van der Waals surface area contributed by atoms with Crippen molar-refractivity contribution < 1.29 is 9.47 Å². The normalized spacial score (nSPS) is 14.8. The van der Waals surface area contributed by atoms with Crippen LogP contribution in [-0.4, -0.2) is 28.0 Å². The summed E-state index contributed by atoms with van der Waals surface area (Å²) in [5, 5.41) is 12.6. The Hall–Kier alpha value is -3.06. The van der Waals surface area contributed by atoms with Gasteiger partial charge >= 0.3 is 0 Å². The van der Waals surface area contributed by atoms with Gasteiger partial charge in [-0.3, -0.25) is 0 Å². The highest BCUT2D eigenvalue weighted by atomic mass is 32.2. The molecule has 1 atom stereocenters. The van der Waals surface area contributed by atoms with Gasteiger partial charge in [0, 0.05) is 22.6 Å². The summed E-state index contributed by atoms with van der Waals surface area (Å²) < 4.78 is 11.6. The number of nitrogens with one attached hydrogen (secondary N) is 1. The van der Waals surface area contributed by atoms with Crippen LogP contribution in [0.15, 0.2) is 66.3 Å². The maximum atomic E-state index is 6.23. The van der Waals surface area contributed by atoms with Gasteiger partial charge in [0.05, 0.1) is 7.11 Å². The number of rotatable bonds is 5. The number of ether oxygens (including phenoxy) is 2. The van der Waals surface area contributed by atoms with Crippen LogP contribution in [0.5, 0.6) is 11.6 Å². The summed E-state index contributed by atoms with van der Waals surface area (Å²) in [5.41, 5.74) is 3.35. The summed E-state index contributed by atoms with van der Waals surface area (Å²) in [6, 6.07) is 15.6. The molecule has 0 unspecified atom stereocenters. The molecule has 0 radical (unpaired) electrons. The minimum Gasteiger partial charge on any atom is -0.497 e. The Morgan fingerprint density at radius 1 is 1.22 bits per heavy atom. The average Bonchev–Trinajstić information content (AvgIpc) is 2.88. The lowest BCUT2D eigenvalue weighted by Gasteiger charge is -2.19. The molecule has 2 aromatic carbocycles. The van der Waals surface area contributed by atoms with E-state index in [9.17, 15) is 0 Å². The van der Waals surface area contributed by atoms with Crippen molar-refractivity contribution in [3.05, 3.63) is 66.7 Å². The lowest BCUT2D eigenvalue weighted by Crippen LogP contribution is -2.17. The molecular weight excluding hydrogens is 360 g/mol. The molecule has 1 aromatic heterocycles. The van der Waals surface area contributed by atoms with Crippen LogP contribution in [0.1, 0.15) is 11.8 Å². The van der Waals surface area contributed by atoms with Crippen LogP contribution in [0, 0.1) is 0 Å². The van der Waals surface area contributed by atoms with Crippen molar-refractivity contribution in [1.29, 1.82) is 0 Å². The summed E-state index contributed by atoms with van der Waals surface area (Å²) in [6.45, 7) is 3.73. The Balaban J connectivity index is 1.79. The third-order valence-electron chi connectivity index (χ3n) is 4.06. The van der Waals surface area contributed by atoms with Crippen molar-refractivity contribution in [2.45, 2.75) is 11.4 Å². The molecule has 0 bridgehead atoms. The minimum absolute atomic E-state index is 0.434. The smallest absolute Gasteiger partial charge is 0.247 e. The molecule has 1 N–H and O–H groups in total. The van der Waals surface area contributed by atoms with Gasteiger partial charge in [0.1, 0.15) is 5.75 Å². The molecule has 4 rings (SSSR count). The standard InChI is InChI=1S/C20H18N4O2S/c1-3-11-27-20-22-19-17(23-24-20)15-9-4-5-10-16(15)21-18(26-19)13-7-6-8-14(12-13)25-2/h3-10,12,18,21H,1,11H2,2H3/t18-/m1/s1. The van der Waals surface area contributed by atoms with Gasteiger partial charge in [0.25, 0.3) is 0 Å². The fourth-order valence-electron chi connectivity index (χ4n) is 2.80. The number of anilines is 1. The average molecular weight is 378 g/mol. The molecule has 3 aromatic rings. The largest absolute Gasteiger partial charge is 0.497 e. The summed E-state index contributed by atoms with van der Waals surface area (Å²) in [7, 11) is 1.64. The van der Waals surface area contributed by atoms with E-state index in [0.717, 1.165) is 22.6 Å². The minimum atomic E-state index is -0.434. The second-order valence-electron chi connectivity index (χ2n) is 5.81. The summed E-state index contributed by atoms with van der Waals surface area (Å²) in [6.07, 6.45) is 1.37. The Bertz CT molecular complexity index is 980. The molecule has 2 heterocycles. The van der Waals surface area contributed by atoms with Crippen molar-refractivity contribution in [2.75, 3.05) is 18.2 Å². The maximum Gasteiger partial charge on any atom is 0.247 e. The van der Waals surface area contributed by atoms with E-state index < -0.39 is 6.23 Å². The van der Waals surface area contributed by atoms with E-state index in [0.29, 0.717) is 22.5 Å². The molecule has 6 nitrogen and oxygen atoms in total. The Labute approximate surface area is 161 Å². The van der Waals surface area contributed by atoms with Crippen molar-refractivity contribution in [3.8, 4) is 22.9 Å². The van der Waals surface area contributed by atoms with Crippen LogP contribution >= 0.6 is 11.8 Å². The van der Waals surface area contributed by atoms with Gasteiger partial charge in [0.15, 0.2) is 11.9 Å². The van der Waals surface area contributed by atoms with E-state index >= 15 is 0 Å². The van der Waals surface area contributed by atoms with Crippen LogP contribution < -0.4 is 14.8 Å². The Kier molecular flexibility index (Phi) is 4.93. The van der Waals surface area contributed by atoms with Crippen molar-refractivity contribution in [2.24, 2.45) is 0 Å². The van der Waals surface area contributed by atoms with Crippen LogP contribution in [0.2, 0.25) is 0 Å². The van der Waals surface area contributed by atoms with Gasteiger partial charge in [-0.15, -0.1) is 16.8 Å². The summed E-state index contributed by atoms with van der Waals surface area (Å²) >= 11 is 1.46. The summed E-state index contributed by atoms with van der Waals surface area (Å²) in [4.78, 5) is 4.58. The number of thioether (sulfide) groups is 1. The second-order valence-corrected chi connectivity index (χ2v) is 6.80. The van der Waals surface area contributed by atoms with E-state index in [1.807, 2.05) is 48.5 Å². The third kappa shape index (κ3) is 3.59. The number of aromatic nitrogens is 3. The van der Waals surface area contributed by atoms with Crippen LogP contribution in [0.3, 0.4) is 0 Å². The monoisotopic (exact) mass is 378 g/mol. The molecule has 0 spiro atoms. The van der Waals surface area contributed by atoms with Crippen LogP contribution in [-0.2, 0) is 0 Å². The molecule has 0 fully saturated rings. The number of fused-ring (bicyclic) bond motifs is 3. The van der Waals surface area contributed by atoms with Gasteiger partial charge in [-0.1, -0.05) is 48.2 Å². The molecule has 1 aliphatic rings. The van der Waals surface area contributed by atoms with Crippen molar-refractivity contribution in [3.63, 3.8) is 0 Å². The van der Waals surface area contributed by atoms with E-state index in [1.54, 1.807) is 13.2 Å².